The summed E-state index contributed by atoms with van der Waals surface area (Å²) in [6.07, 6.45) is 0. The van der Waals surface area contributed by atoms with E-state index in [1.807, 2.05) is 12.1 Å². The van der Waals surface area contributed by atoms with Crippen LogP contribution < -0.4 is 10.7 Å². The number of hydrogen-bond donors (Lipinski definition) is 0. The van der Waals surface area contributed by atoms with Gasteiger partial charge in [0.25, 0.3) is 0 Å². The maximum absolute atomic E-state index is 6.10. The van der Waals surface area contributed by atoms with Crippen LogP contribution in [0, 0.1) is 0 Å². The van der Waals surface area contributed by atoms with Crippen molar-refractivity contribution >= 4 is 11.6 Å². The van der Waals surface area contributed by atoms with Crippen molar-refractivity contribution in [2.45, 2.75) is 19.8 Å². The SMILES string of the molecule is CC(C)c1c(Cl)ccc2c1=NCN=2. The quantitative estimate of drug-likeness (QED) is 0.650. The molecule has 0 saturated carbocycles. The van der Waals surface area contributed by atoms with Crippen molar-refractivity contribution in [1.82, 2.24) is 0 Å². The molecule has 1 aromatic carbocycles. The van der Waals surface area contributed by atoms with Gasteiger partial charge in [0.2, 0.25) is 0 Å². The van der Waals surface area contributed by atoms with Crippen molar-refractivity contribution in [3.8, 4) is 0 Å². The minimum Gasteiger partial charge on any atom is -0.260 e. The summed E-state index contributed by atoms with van der Waals surface area (Å²) in [4.78, 5) is 8.59. The molecule has 2 nitrogen and oxygen atoms in total. The number of benzene rings is 1. The van der Waals surface area contributed by atoms with Gasteiger partial charge in [0, 0.05) is 10.6 Å². The van der Waals surface area contributed by atoms with Crippen LogP contribution >= 0.6 is 11.6 Å². The number of fused-ring (bicyclic) bond motifs is 1. The molecule has 0 bridgehead atoms. The first-order valence-corrected chi connectivity index (χ1v) is 4.75. The van der Waals surface area contributed by atoms with Gasteiger partial charge in [0.15, 0.2) is 0 Å². The van der Waals surface area contributed by atoms with Gasteiger partial charge >= 0.3 is 0 Å². The summed E-state index contributed by atoms with van der Waals surface area (Å²) in [5, 5.41) is 2.77. The van der Waals surface area contributed by atoms with Crippen LogP contribution in [-0.4, -0.2) is 6.67 Å². The van der Waals surface area contributed by atoms with Gasteiger partial charge in [-0.2, -0.15) is 0 Å². The summed E-state index contributed by atoms with van der Waals surface area (Å²) in [5.74, 6) is 0.402. The third-order valence-electron chi connectivity index (χ3n) is 2.19. The third kappa shape index (κ3) is 1.35. The average molecular weight is 195 g/mol. The van der Waals surface area contributed by atoms with Gasteiger partial charge in [-0.1, -0.05) is 25.4 Å². The van der Waals surface area contributed by atoms with Crippen molar-refractivity contribution in [1.29, 1.82) is 0 Å². The zero-order chi connectivity index (χ0) is 9.42. The Morgan fingerprint density at radius 3 is 2.77 bits per heavy atom. The lowest BCUT2D eigenvalue weighted by molar-refractivity contribution is 0.848. The molecule has 1 heterocycles. The Kier molecular flexibility index (Phi) is 2.08. The molecule has 0 saturated heterocycles. The van der Waals surface area contributed by atoms with E-state index in [0.29, 0.717) is 12.6 Å². The smallest absolute Gasteiger partial charge is 0.130 e. The second-order valence-electron chi connectivity index (χ2n) is 3.44. The van der Waals surface area contributed by atoms with Crippen LogP contribution in [0.2, 0.25) is 5.02 Å². The van der Waals surface area contributed by atoms with Gasteiger partial charge in [0.05, 0.1) is 10.7 Å². The highest BCUT2D eigenvalue weighted by atomic mass is 35.5. The second-order valence-corrected chi connectivity index (χ2v) is 3.85. The predicted molar refractivity (Wildman–Crippen MR) is 52.7 cm³/mol. The number of hydrogen-bond acceptors (Lipinski definition) is 2. The monoisotopic (exact) mass is 194 g/mol. The lowest BCUT2D eigenvalue weighted by Gasteiger charge is -2.06. The molecule has 0 radical (unpaired) electrons. The normalized spacial score (nSPS) is 13.8. The number of nitrogens with zero attached hydrogens (tertiary/aromatic N) is 2. The van der Waals surface area contributed by atoms with Crippen molar-refractivity contribution in [2.75, 3.05) is 6.67 Å². The van der Waals surface area contributed by atoms with E-state index in [2.05, 4.69) is 23.8 Å². The van der Waals surface area contributed by atoms with E-state index >= 15 is 0 Å². The Hall–Kier alpha value is -0.890. The standard InChI is InChI=1S/C10H11ClN2/c1-6(2)9-7(11)3-4-8-10(9)13-5-12-8/h3-4,6H,5H2,1-2H3. The fourth-order valence-electron chi connectivity index (χ4n) is 1.60. The fraction of sp³-hybridized carbons (Fsp3) is 0.400. The maximum Gasteiger partial charge on any atom is 0.130 e. The van der Waals surface area contributed by atoms with Crippen LogP contribution in [0.25, 0.3) is 0 Å². The summed E-state index contributed by atoms with van der Waals surface area (Å²) in [6, 6.07) is 3.83. The molecule has 0 aromatic heterocycles. The Morgan fingerprint density at radius 1 is 1.31 bits per heavy atom. The molecule has 0 unspecified atom stereocenters. The first-order valence-electron chi connectivity index (χ1n) is 4.37. The molecule has 68 valence electrons. The summed E-state index contributed by atoms with van der Waals surface area (Å²) < 4.78 is 0. The molecule has 0 spiro atoms. The summed E-state index contributed by atoms with van der Waals surface area (Å²) in [7, 11) is 0. The summed E-state index contributed by atoms with van der Waals surface area (Å²) in [5.41, 5.74) is 1.13. The molecular formula is C10H11ClN2. The predicted octanol–water partition coefficient (Wildman–Crippen LogP) is 1.67. The molecule has 0 amide bonds. The van der Waals surface area contributed by atoms with Crippen LogP contribution in [0.3, 0.4) is 0 Å². The van der Waals surface area contributed by atoms with Gasteiger partial charge in [-0.25, -0.2) is 0 Å². The third-order valence-corrected chi connectivity index (χ3v) is 2.52. The molecule has 0 fully saturated rings. The molecule has 2 rings (SSSR count). The van der Waals surface area contributed by atoms with Crippen LogP contribution in [0.5, 0.6) is 0 Å². The zero-order valence-corrected chi connectivity index (χ0v) is 8.47. The fourth-order valence-corrected chi connectivity index (χ4v) is 1.97. The van der Waals surface area contributed by atoms with E-state index in [1.54, 1.807) is 0 Å². The topological polar surface area (TPSA) is 24.7 Å². The molecule has 0 atom stereocenters. The molecule has 1 aromatic rings. The van der Waals surface area contributed by atoms with E-state index in [9.17, 15) is 0 Å². The minimum absolute atomic E-state index is 0.402. The van der Waals surface area contributed by atoms with Crippen LogP contribution in [0.1, 0.15) is 25.3 Å². The molecule has 1 aliphatic rings. The van der Waals surface area contributed by atoms with Crippen molar-refractivity contribution in [2.24, 2.45) is 9.98 Å². The zero-order valence-electron chi connectivity index (χ0n) is 7.71. The summed E-state index contributed by atoms with van der Waals surface area (Å²) >= 11 is 6.10. The highest BCUT2D eigenvalue weighted by Gasteiger charge is 2.10. The van der Waals surface area contributed by atoms with E-state index in [-0.39, 0.29) is 0 Å². The number of halogens is 1. The molecule has 13 heavy (non-hydrogen) atoms. The second kappa shape index (κ2) is 3.11. The Balaban J connectivity index is 2.82. The van der Waals surface area contributed by atoms with Crippen molar-refractivity contribution < 1.29 is 0 Å². The van der Waals surface area contributed by atoms with Crippen LogP contribution in [0.15, 0.2) is 22.1 Å². The van der Waals surface area contributed by atoms with Gasteiger partial charge in [-0.15, -0.1) is 0 Å². The van der Waals surface area contributed by atoms with Gasteiger partial charge in [-0.3, -0.25) is 9.98 Å². The maximum atomic E-state index is 6.10. The van der Waals surface area contributed by atoms with E-state index in [4.69, 9.17) is 11.6 Å². The lowest BCUT2D eigenvalue weighted by Crippen LogP contribution is -2.27. The average Bonchev–Trinajstić information content (AvgIpc) is 2.50. The van der Waals surface area contributed by atoms with Gasteiger partial charge < -0.3 is 0 Å². The highest BCUT2D eigenvalue weighted by molar-refractivity contribution is 6.31. The molecular weight excluding hydrogens is 184 g/mol. The van der Waals surface area contributed by atoms with Crippen molar-refractivity contribution in [3.63, 3.8) is 0 Å². The number of rotatable bonds is 1. The first-order chi connectivity index (χ1) is 6.20. The summed E-state index contributed by atoms with van der Waals surface area (Å²) in [6.45, 7) is 4.79. The van der Waals surface area contributed by atoms with Crippen LogP contribution in [0.4, 0.5) is 0 Å². The first kappa shape index (κ1) is 8.70. The minimum atomic E-state index is 0.402. The van der Waals surface area contributed by atoms with E-state index in [0.717, 1.165) is 21.3 Å². The Labute approximate surface area is 82.0 Å². The lowest BCUT2D eigenvalue weighted by atomic mass is 10.0. The Morgan fingerprint density at radius 2 is 2.08 bits per heavy atom. The molecule has 0 aliphatic carbocycles. The van der Waals surface area contributed by atoms with E-state index in [1.165, 1.54) is 0 Å². The van der Waals surface area contributed by atoms with E-state index < -0.39 is 0 Å². The van der Waals surface area contributed by atoms with Gasteiger partial charge in [0.1, 0.15) is 6.67 Å². The largest absolute Gasteiger partial charge is 0.260 e. The molecule has 0 N–H and O–H groups in total. The van der Waals surface area contributed by atoms with Gasteiger partial charge in [-0.05, 0) is 18.1 Å². The van der Waals surface area contributed by atoms with Crippen LogP contribution in [-0.2, 0) is 0 Å². The van der Waals surface area contributed by atoms with Crippen molar-refractivity contribution in [3.05, 3.63) is 33.4 Å². The molecule has 1 aliphatic heterocycles. The highest BCUT2D eigenvalue weighted by Crippen LogP contribution is 2.19. The Bertz CT molecular complexity index is 449. The molecule has 3 heteroatoms.